The topological polar surface area (TPSA) is 152 Å². The molecule has 10 nitrogen and oxygen atoms in total. The van der Waals surface area contributed by atoms with Crippen LogP contribution in [0.15, 0.2) is 41.5 Å². The Morgan fingerprint density at radius 3 is 2.26 bits per heavy atom. The highest BCUT2D eigenvalue weighted by Crippen LogP contribution is 2.66. The number of ether oxygens (including phenoxy) is 3. The molecule has 47 heavy (non-hydrogen) atoms. The lowest BCUT2D eigenvalue weighted by molar-refractivity contribution is -0.302. The monoisotopic (exact) mass is 655 g/mol. The number of ketones is 1. The Morgan fingerprint density at radius 2 is 1.70 bits per heavy atom. The molecule has 0 spiro atoms. The molecule has 1 aromatic rings. The Balaban J connectivity index is 1.53. The summed E-state index contributed by atoms with van der Waals surface area (Å²) in [5.41, 5.74) is -3.74. The molecule has 3 aliphatic carbocycles. The Kier molecular flexibility index (Phi) is 8.82. The second kappa shape index (κ2) is 11.7. The Bertz CT molecular complexity index is 1450. The molecule has 3 fully saturated rings. The summed E-state index contributed by atoms with van der Waals surface area (Å²) in [6.45, 7) is 18.3. The number of Topliss-reactive ketones (excluding diaryl/α,β-unsaturated/α-hetero) is 1. The fourth-order valence-corrected chi connectivity index (χ4v) is 9.55. The molecule has 1 aromatic carbocycles. The van der Waals surface area contributed by atoms with Crippen molar-refractivity contribution in [2.75, 3.05) is 6.61 Å². The lowest BCUT2D eigenvalue weighted by Gasteiger charge is -2.68. The van der Waals surface area contributed by atoms with Crippen molar-refractivity contribution < 1.29 is 43.9 Å². The van der Waals surface area contributed by atoms with Crippen molar-refractivity contribution in [3.63, 3.8) is 0 Å². The molecule has 4 aliphatic rings. The molecule has 11 atom stereocenters. The molecule has 4 N–H and O–H groups in total. The van der Waals surface area contributed by atoms with Gasteiger partial charge in [0, 0.05) is 23.7 Å². The van der Waals surface area contributed by atoms with Crippen molar-refractivity contribution >= 4 is 17.8 Å². The zero-order chi connectivity index (χ0) is 35.1. The van der Waals surface area contributed by atoms with E-state index in [4.69, 9.17) is 14.2 Å². The molecule has 2 bridgehead atoms. The largest absolute Gasteiger partial charge is 0.457 e. The molecule has 2 unspecified atom stereocenters. The Labute approximate surface area is 278 Å². The lowest BCUT2D eigenvalue weighted by Crippen LogP contribution is -2.75. The van der Waals surface area contributed by atoms with Crippen LogP contribution >= 0.6 is 0 Å². The summed E-state index contributed by atoms with van der Waals surface area (Å²) in [5.74, 6) is -3.07. The summed E-state index contributed by atoms with van der Waals surface area (Å²) >= 11 is 0. The van der Waals surface area contributed by atoms with Gasteiger partial charge in [0.2, 0.25) is 0 Å². The summed E-state index contributed by atoms with van der Waals surface area (Å²) in [6, 6.07) is 8.29. The van der Waals surface area contributed by atoms with Crippen LogP contribution in [0.4, 0.5) is 4.79 Å². The van der Waals surface area contributed by atoms with Crippen molar-refractivity contribution in [2.45, 2.75) is 124 Å². The number of hydrogen-bond acceptors (Lipinski definition) is 9. The summed E-state index contributed by atoms with van der Waals surface area (Å²) < 4.78 is 17.6. The van der Waals surface area contributed by atoms with Crippen LogP contribution < -0.4 is 5.32 Å². The first-order valence-corrected chi connectivity index (χ1v) is 16.8. The van der Waals surface area contributed by atoms with Gasteiger partial charge in [0.15, 0.2) is 5.78 Å². The fourth-order valence-electron chi connectivity index (χ4n) is 9.55. The van der Waals surface area contributed by atoms with E-state index < -0.39 is 87.4 Å². The zero-order valence-corrected chi connectivity index (χ0v) is 29.4. The normalized spacial score (nSPS) is 39.2. The molecular formula is C37H53NO9. The number of rotatable bonds is 5. The van der Waals surface area contributed by atoms with Gasteiger partial charge in [-0.05, 0) is 70.1 Å². The summed E-state index contributed by atoms with van der Waals surface area (Å²) in [7, 11) is 0. The van der Waals surface area contributed by atoms with E-state index in [0.717, 1.165) is 0 Å². The van der Waals surface area contributed by atoms with Crippen molar-refractivity contribution in [3.8, 4) is 0 Å². The van der Waals surface area contributed by atoms with Crippen LogP contribution in [0.25, 0.3) is 0 Å². The van der Waals surface area contributed by atoms with E-state index in [9.17, 15) is 29.7 Å². The molecule has 1 aliphatic heterocycles. The van der Waals surface area contributed by atoms with E-state index in [1.165, 1.54) is 0 Å². The summed E-state index contributed by atoms with van der Waals surface area (Å²) in [4.78, 5) is 41.3. The summed E-state index contributed by atoms with van der Waals surface area (Å²) in [6.07, 6.45) is -4.32. The Morgan fingerprint density at radius 1 is 1.09 bits per heavy atom. The summed E-state index contributed by atoms with van der Waals surface area (Å²) in [5, 5.41) is 39.1. The maximum absolute atomic E-state index is 14.4. The number of carbonyl (C=O) groups is 3. The third-order valence-electron chi connectivity index (χ3n) is 12.2. The van der Waals surface area contributed by atoms with Gasteiger partial charge in [0.25, 0.3) is 0 Å². The zero-order valence-electron chi connectivity index (χ0n) is 29.4. The molecule has 5 rings (SSSR count). The van der Waals surface area contributed by atoms with Gasteiger partial charge in [0.05, 0.1) is 41.8 Å². The van der Waals surface area contributed by atoms with Crippen LogP contribution in [0.2, 0.25) is 0 Å². The van der Waals surface area contributed by atoms with Gasteiger partial charge >= 0.3 is 12.1 Å². The van der Waals surface area contributed by atoms with E-state index in [-0.39, 0.29) is 18.9 Å². The second-order valence-corrected chi connectivity index (χ2v) is 16.5. The van der Waals surface area contributed by atoms with Gasteiger partial charge in [-0.25, -0.2) is 4.79 Å². The van der Waals surface area contributed by atoms with Gasteiger partial charge in [-0.3, -0.25) is 9.59 Å². The standard InChI is InChI=1S/C37H53NO9/c1-19-23(46-31(42)20(2)27(22-14-12-11-13-15-22)38-32(43)47-33(4,5)6)17-37(44)21(3)29-35(9)18-45-25(35)16-24(39)36(29,10)30(41)28(40)26(19)34(37,7)8/h11-15,20-21,23-25,27-29,39-40,44H,16-18H2,1-10H3,(H,38,43)/t20-,21?,23+,24+,25-,27-,28-,29?,35-,36-,37-/m1/s1. The van der Waals surface area contributed by atoms with E-state index in [0.29, 0.717) is 23.3 Å². The number of aliphatic hydroxyl groups is 3. The minimum absolute atomic E-state index is 0.0235. The van der Waals surface area contributed by atoms with Crippen molar-refractivity contribution in [1.29, 1.82) is 0 Å². The number of benzene rings is 1. The first-order valence-electron chi connectivity index (χ1n) is 16.8. The number of fused-ring (bicyclic) bond motifs is 5. The fraction of sp³-hybridized carbons (Fsp3) is 0.703. The average molecular weight is 656 g/mol. The van der Waals surface area contributed by atoms with E-state index in [1.54, 1.807) is 53.7 Å². The van der Waals surface area contributed by atoms with Crippen LogP contribution in [0, 0.1) is 34.0 Å². The molecule has 1 saturated heterocycles. The van der Waals surface area contributed by atoms with Crippen molar-refractivity contribution in [1.82, 2.24) is 5.32 Å². The first kappa shape index (κ1) is 35.5. The van der Waals surface area contributed by atoms with Crippen LogP contribution in [0.1, 0.15) is 93.7 Å². The number of carbonyl (C=O) groups excluding carboxylic acids is 3. The maximum atomic E-state index is 14.4. The number of hydrogen-bond donors (Lipinski definition) is 4. The quantitative estimate of drug-likeness (QED) is 0.263. The highest BCUT2D eigenvalue weighted by atomic mass is 16.6. The van der Waals surface area contributed by atoms with Crippen LogP contribution in [-0.4, -0.2) is 75.4 Å². The van der Waals surface area contributed by atoms with Crippen LogP contribution in [0.3, 0.4) is 0 Å². The van der Waals surface area contributed by atoms with Gasteiger partial charge in [0.1, 0.15) is 17.8 Å². The van der Waals surface area contributed by atoms with Crippen molar-refractivity contribution in [3.05, 3.63) is 47.0 Å². The van der Waals surface area contributed by atoms with Gasteiger partial charge in [-0.1, -0.05) is 58.0 Å². The minimum Gasteiger partial charge on any atom is -0.457 e. The third kappa shape index (κ3) is 5.43. The molecule has 1 amide bonds. The predicted molar refractivity (Wildman–Crippen MR) is 174 cm³/mol. The molecule has 10 heteroatoms. The van der Waals surface area contributed by atoms with Gasteiger partial charge < -0.3 is 34.8 Å². The van der Waals surface area contributed by atoms with Crippen LogP contribution in [0.5, 0.6) is 0 Å². The highest BCUT2D eigenvalue weighted by Gasteiger charge is 2.72. The molecule has 2 saturated carbocycles. The smallest absolute Gasteiger partial charge is 0.408 e. The van der Waals surface area contributed by atoms with Gasteiger partial charge in [-0.15, -0.1) is 0 Å². The molecule has 0 radical (unpaired) electrons. The van der Waals surface area contributed by atoms with Crippen LogP contribution in [-0.2, 0) is 23.8 Å². The SMILES string of the molecule is CC1=C2[C@@H](O)C(=O)[C@@]3(C)C(C(C)[C@](O)(C[C@@H]1OC(=O)[C@H](C)[C@@H](NC(=O)OC(C)(C)C)c1ccccc1)C2(C)C)[C@]1(C)CO[C@@H]1C[C@@H]3O. The number of esters is 1. The van der Waals surface area contributed by atoms with E-state index in [1.807, 2.05) is 45.9 Å². The average Bonchev–Trinajstić information content (AvgIpc) is 2.98. The maximum Gasteiger partial charge on any atom is 0.408 e. The molecule has 260 valence electrons. The number of aliphatic hydroxyl groups excluding tert-OH is 2. The lowest BCUT2D eigenvalue weighted by atomic mass is 9.40. The second-order valence-electron chi connectivity index (χ2n) is 16.5. The van der Waals surface area contributed by atoms with E-state index >= 15 is 0 Å². The highest BCUT2D eigenvalue weighted by molar-refractivity contribution is 5.93. The molecule has 0 aromatic heterocycles. The number of amides is 1. The number of nitrogens with one attached hydrogen (secondary N) is 1. The predicted octanol–water partition coefficient (Wildman–Crippen LogP) is 4.65. The van der Waals surface area contributed by atoms with Gasteiger partial charge in [-0.2, -0.15) is 0 Å². The molecular weight excluding hydrogens is 602 g/mol. The minimum atomic E-state index is -1.63. The Hall–Kier alpha value is -2.79. The third-order valence-corrected chi connectivity index (χ3v) is 12.2. The first-order chi connectivity index (χ1) is 21.6. The van der Waals surface area contributed by atoms with Crippen molar-refractivity contribution in [2.24, 2.45) is 34.0 Å². The molecule has 1 heterocycles. The number of alkyl carbamates (subject to hydrolysis) is 1. The van der Waals surface area contributed by atoms with E-state index in [2.05, 4.69) is 5.32 Å².